The average Bonchev–Trinajstić information content (AvgIpc) is 2.53. The summed E-state index contributed by atoms with van der Waals surface area (Å²) in [6.07, 6.45) is 1.88. The topological polar surface area (TPSA) is 54.4 Å². The molecule has 0 unspecified atom stereocenters. The van der Waals surface area contributed by atoms with Crippen LogP contribution in [-0.2, 0) is 9.59 Å². The Balaban J connectivity index is 2.58. The Morgan fingerprint density at radius 2 is 1.89 bits per heavy atom. The number of hydrogen-bond acceptors (Lipinski definition) is 3. The Morgan fingerprint density at radius 1 is 1.28 bits per heavy atom. The van der Waals surface area contributed by atoms with Gasteiger partial charge < -0.3 is 5.11 Å². The Bertz CT molecular complexity index is 488. The molecule has 2 rings (SSSR count). The highest BCUT2D eigenvalue weighted by Gasteiger charge is 2.45. The van der Waals surface area contributed by atoms with Crippen LogP contribution in [0.25, 0.3) is 0 Å². The lowest BCUT2D eigenvalue weighted by molar-refractivity contribution is -0.132. The van der Waals surface area contributed by atoms with Crippen LogP contribution in [-0.4, -0.2) is 22.3 Å². The van der Waals surface area contributed by atoms with Gasteiger partial charge in [0.05, 0.1) is 5.60 Å². The van der Waals surface area contributed by atoms with E-state index < -0.39 is 5.60 Å². The Hall–Kier alpha value is -1.22. The van der Waals surface area contributed by atoms with Gasteiger partial charge in [0.2, 0.25) is 11.6 Å². The molecule has 0 bridgehead atoms. The maximum atomic E-state index is 12.1. The molecule has 18 heavy (non-hydrogen) atoms. The quantitative estimate of drug-likeness (QED) is 0.529. The van der Waals surface area contributed by atoms with E-state index in [0.29, 0.717) is 24.0 Å². The van der Waals surface area contributed by atoms with Gasteiger partial charge in [0.1, 0.15) is 0 Å². The number of rotatable bonds is 0. The summed E-state index contributed by atoms with van der Waals surface area (Å²) >= 11 is 0. The molecule has 0 amide bonds. The maximum absolute atomic E-state index is 12.1. The van der Waals surface area contributed by atoms with Crippen LogP contribution >= 0.6 is 0 Å². The molecular formula is C15H20O3. The smallest absolute Gasteiger partial charge is 0.229 e. The third-order valence-electron chi connectivity index (χ3n) is 4.39. The zero-order valence-electron chi connectivity index (χ0n) is 11.5. The molecule has 0 heterocycles. The van der Waals surface area contributed by atoms with E-state index in [1.54, 1.807) is 13.8 Å². The molecule has 2 aliphatic carbocycles. The monoisotopic (exact) mass is 248 g/mol. The normalized spacial score (nSPS) is 32.7. The van der Waals surface area contributed by atoms with Gasteiger partial charge in [-0.2, -0.15) is 0 Å². The van der Waals surface area contributed by atoms with Crippen molar-refractivity contribution in [2.45, 2.75) is 52.6 Å². The van der Waals surface area contributed by atoms with Gasteiger partial charge in [-0.05, 0) is 47.0 Å². The van der Waals surface area contributed by atoms with Gasteiger partial charge >= 0.3 is 0 Å². The highest BCUT2D eigenvalue weighted by Crippen LogP contribution is 2.46. The molecule has 1 N–H and O–H groups in total. The maximum Gasteiger partial charge on any atom is 0.229 e. The van der Waals surface area contributed by atoms with E-state index in [2.05, 4.69) is 0 Å². The van der Waals surface area contributed by atoms with Crippen molar-refractivity contribution in [2.75, 3.05) is 0 Å². The summed E-state index contributed by atoms with van der Waals surface area (Å²) in [5.41, 5.74) is 2.20. The van der Waals surface area contributed by atoms with E-state index in [4.69, 9.17) is 0 Å². The Labute approximate surface area is 108 Å². The molecule has 3 nitrogen and oxygen atoms in total. The lowest BCUT2D eigenvalue weighted by Gasteiger charge is -2.26. The molecule has 0 aliphatic heterocycles. The van der Waals surface area contributed by atoms with E-state index in [1.165, 1.54) is 0 Å². The predicted molar refractivity (Wildman–Crippen MR) is 69.1 cm³/mol. The van der Waals surface area contributed by atoms with Crippen LogP contribution in [0.4, 0.5) is 0 Å². The van der Waals surface area contributed by atoms with Gasteiger partial charge in [0.15, 0.2) is 0 Å². The van der Waals surface area contributed by atoms with Crippen molar-refractivity contribution in [1.82, 2.24) is 0 Å². The molecule has 2 atom stereocenters. The highest BCUT2D eigenvalue weighted by atomic mass is 16.3. The number of carbonyl (C=O) groups is 2. The first kappa shape index (κ1) is 13.2. The van der Waals surface area contributed by atoms with Crippen molar-refractivity contribution in [3.63, 3.8) is 0 Å². The summed E-state index contributed by atoms with van der Waals surface area (Å²) in [6, 6.07) is 0. The Kier molecular flexibility index (Phi) is 3.06. The number of carbonyl (C=O) groups excluding carboxylic acids is 2. The van der Waals surface area contributed by atoms with Crippen molar-refractivity contribution < 1.29 is 14.7 Å². The van der Waals surface area contributed by atoms with E-state index in [9.17, 15) is 14.7 Å². The Morgan fingerprint density at radius 3 is 2.44 bits per heavy atom. The van der Waals surface area contributed by atoms with Crippen molar-refractivity contribution >= 4 is 11.6 Å². The van der Waals surface area contributed by atoms with Crippen LogP contribution in [0.15, 0.2) is 22.3 Å². The van der Waals surface area contributed by atoms with Crippen molar-refractivity contribution in [2.24, 2.45) is 5.92 Å². The zero-order valence-corrected chi connectivity index (χ0v) is 11.5. The minimum absolute atomic E-state index is 0.0854. The average molecular weight is 248 g/mol. The standard InChI is InChI=1S/C15H20O3/c1-8(2)11-7-12-10(5-6-15(12,4)18)9(3)13(16)14(11)17/h12,18H,5-7H2,1-4H3/t12-,15-/m0/s1. The van der Waals surface area contributed by atoms with Gasteiger partial charge in [-0.25, -0.2) is 0 Å². The highest BCUT2D eigenvalue weighted by molar-refractivity contribution is 6.49. The van der Waals surface area contributed by atoms with Crippen molar-refractivity contribution in [3.05, 3.63) is 22.3 Å². The lowest BCUT2D eigenvalue weighted by atomic mass is 9.84. The third kappa shape index (κ3) is 1.87. The van der Waals surface area contributed by atoms with Crippen LogP contribution in [0.1, 0.15) is 47.0 Å². The number of Topliss-reactive ketones (excluding diaryl/α,β-unsaturated/α-hetero) is 2. The second-order valence-corrected chi connectivity index (χ2v) is 5.90. The molecule has 1 saturated carbocycles. The summed E-state index contributed by atoms with van der Waals surface area (Å²) in [7, 11) is 0. The van der Waals surface area contributed by atoms with Crippen LogP contribution < -0.4 is 0 Å². The fourth-order valence-electron chi connectivity index (χ4n) is 3.08. The van der Waals surface area contributed by atoms with Crippen LogP contribution in [0, 0.1) is 5.92 Å². The van der Waals surface area contributed by atoms with Gasteiger partial charge in [-0.15, -0.1) is 0 Å². The fraction of sp³-hybridized carbons (Fsp3) is 0.600. The molecule has 3 heteroatoms. The molecule has 0 aromatic rings. The summed E-state index contributed by atoms with van der Waals surface area (Å²) in [5, 5.41) is 10.4. The van der Waals surface area contributed by atoms with Gasteiger partial charge in [-0.3, -0.25) is 9.59 Å². The molecular weight excluding hydrogens is 228 g/mol. The molecule has 2 aliphatic rings. The van der Waals surface area contributed by atoms with Crippen LogP contribution in [0.5, 0.6) is 0 Å². The van der Waals surface area contributed by atoms with Crippen molar-refractivity contribution in [1.29, 1.82) is 0 Å². The number of aliphatic hydroxyl groups is 1. The molecule has 0 aromatic heterocycles. The minimum atomic E-state index is -0.803. The lowest BCUT2D eigenvalue weighted by Crippen LogP contribution is -2.30. The van der Waals surface area contributed by atoms with Crippen LogP contribution in [0.2, 0.25) is 0 Å². The second kappa shape index (κ2) is 4.16. The van der Waals surface area contributed by atoms with Gasteiger partial charge in [0.25, 0.3) is 0 Å². The number of hydrogen-bond donors (Lipinski definition) is 1. The van der Waals surface area contributed by atoms with Gasteiger partial charge in [-0.1, -0.05) is 11.1 Å². The van der Waals surface area contributed by atoms with E-state index in [-0.39, 0.29) is 17.5 Å². The minimum Gasteiger partial charge on any atom is -0.390 e. The number of ketones is 2. The van der Waals surface area contributed by atoms with E-state index in [0.717, 1.165) is 17.6 Å². The molecule has 0 saturated heterocycles. The molecule has 98 valence electrons. The number of allylic oxidation sites excluding steroid dienone is 3. The number of fused-ring (bicyclic) bond motifs is 1. The largest absolute Gasteiger partial charge is 0.390 e. The zero-order chi connectivity index (χ0) is 13.7. The summed E-state index contributed by atoms with van der Waals surface area (Å²) in [4.78, 5) is 24.2. The third-order valence-corrected chi connectivity index (χ3v) is 4.39. The first-order chi connectivity index (χ1) is 8.25. The first-order valence-electron chi connectivity index (χ1n) is 6.43. The molecule has 0 aromatic carbocycles. The van der Waals surface area contributed by atoms with E-state index in [1.807, 2.05) is 13.8 Å². The summed E-state index contributed by atoms with van der Waals surface area (Å²) < 4.78 is 0. The van der Waals surface area contributed by atoms with E-state index >= 15 is 0 Å². The summed E-state index contributed by atoms with van der Waals surface area (Å²) in [6.45, 7) is 7.23. The second-order valence-electron chi connectivity index (χ2n) is 5.90. The van der Waals surface area contributed by atoms with Gasteiger partial charge in [0, 0.05) is 17.1 Å². The molecule has 1 fully saturated rings. The van der Waals surface area contributed by atoms with Crippen LogP contribution in [0.3, 0.4) is 0 Å². The molecule has 0 radical (unpaired) electrons. The SMILES string of the molecule is CC(C)=C1C[C@H]2C(=C(C)C(=O)C1=O)CC[C@]2(C)O. The van der Waals surface area contributed by atoms with Crippen molar-refractivity contribution in [3.8, 4) is 0 Å². The molecule has 0 spiro atoms. The first-order valence-corrected chi connectivity index (χ1v) is 6.43. The summed E-state index contributed by atoms with van der Waals surface area (Å²) in [5.74, 6) is -0.857. The predicted octanol–water partition coefficient (Wildman–Crippen LogP) is 2.34. The fourth-order valence-corrected chi connectivity index (χ4v) is 3.08.